The number of aromatic amines is 1. The molecule has 31 heavy (non-hydrogen) atoms. The number of nitrogens with two attached hydrogens (primary N) is 1. The number of aryl methyl sites for hydroxylation is 1. The highest BCUT2D eigenvalue weighted by Gasteiger charge is 2.23. The Morgan fingerprint density at radius 3 is 2.35 bits per heavy atom. The number of aromatic nitrogens is 3. The summed E-state index contributed by atoms with van der Waals surface area (Å²) in [5, 5.41) is 5.27. The molecule has 2 heterocycles. The molecule has 150 valence electrons. The molecule has 0 saturated carbocycles. The van der Waals surface area contributed by atoms with Crippen molar-refractivity contribution in [3.63, 3.8) is 0 Å². The van der Waals surface area contributed by atoms with Crippen LogP contribution in [0.4, 0.5) is 0 Å². The molecule has 0 spiro atoms. The van der Waals surface area contributed by atoms with E-state index in [-0.39, 0.29) is 12.5 Å². The van der Waals surface area contributed by atoms with Crippen molar-refractivity contribution in [2.45, 2.75) is 6.92 Å². The summed E-state index contributed by atoms with van der Waals surface area (Å²) in [6.07, 6.45) is 1.93. The second-order valence-corrected chi connectivity index (χ2v) is 7.91. The molecule has 4 aromatic carbocycles. The third-order valence-corrected chi connectivity index (χ3v) is 6.03. The van der Waals surface area contributed by atoms with Crippen molar-refractivity contribution < 1.29 is 4.79 Å². The molecule has 6 aromatic rings. The maximum absolute atomic E-state index is 13.2. The Morgan fingerprint density at radius 2 is 1.61 bits per heavy atom. The normalized spacial score (nSPS) is 11.8. The summed E-state index contributed by atoms with van der Waals surface area (Å²) in [4.78, 5) is 21.5. The van der Waals surface area contributed by atoms with Crippen molar-refractivity contribution in [2.75, 3.05) is 6.54 Å². The molecule has 0 bridgehead atoms. The number of H-pyrrole nitrogens is 1. The standard InChI is InChI=1S/C26H20N4O/c1-15-10-11-22-20(12-15)21(14-28-22)26-29-24-18-8-4-2-6-16(18)17-7-3-5-9-19(17)25(24)30(26)23(31)13-27/h2-12,14,28H,13,27H2,1H3. The van der Waals surface area contributed by atoms with Crippen molar-refractivity contribution >= 4 is 49.4 Å². The summed E-state index contributed by atoms with van der Waals surface area (Å²) >= 11 is 0. The van der Waals surface area contributed by atoms with Gasteiger partial charge in [-0.1, -0.05) is 60.2 Å². The van der Waals surface area contributed by atoms with Crippen molar-refractivity contribution in [2.24, 2.45) is 5.73 Å². The first-order valence-corrected chi connectivity index (χ1v) is 10.3. The molecular formula is C26H20N4O. The van der Waals surface area contributed by atoms with Gasteiger partial charge in [0.2, 0.25) is 5.91 Å². The van der Waals surface area contributed by atoms with Gasteiger partial charge in [-0.15, -0.1) is 0 Å². The van der Waals surface area contributed by atoms with Gasteiger partial charge in [-0.05, 0) is 29.8 Å². The minimum absolute atomic E-state index is 0.0962. The number of fused-ring (bicyclic) bond motifs is 7. The van der Waals surface area contributed by atoms with Gasteiger partial charge in [0.05, 0.1) is 17.6 Å². The smallest absolute Gasteiger partial charge is 0.246 e. The molecule has 5 nitrogen and oxygen atoms in total. The number of imidazole rings is 1. The van der Waals surface area contributed by atoms with E-state index in [0.717, 1.165) is 54.6 Å². The number of hydrogen-bond donors (Lipinski definition) is 2. The summed E-state index contributed by atoms with van der Waals surface area (Å²) in [6, 6.07) is 22.6. The third kappa shape index (κ3) is 2.47. The number of benzene rings is 4. The van der Waals surface area contributed by atoms with Crippen molar-refractivity contribution in [3.05, 3.63) is 78.5 Å². The molecule has 2 aromatic heterocycles. The molecule has 3 N–H and O–H groups in total. The van der Waals surface area contributed by atoms with Crippen LogP contribution in [-0.2, 0) is 0 Å². The van der Waals surface area contributed by atoms with Crippen LogP contribution in [0.5, 0.6) is 0 Å². The van der Waals surface area contributed by atoms with Crippen molar-refractivity contribution in [3.8, 4) is 11.4 Å². The van der Waals surface area contributed by atoms with E-state index in [2.05, 4.69) is 54.4 Å². The molecule has 6 rings (SSSR count). The zero-order valence-electron chi connectivity index (χ0n) is 17.0. The minimum Gasteiger partial charge on any atom is -0.360 e. The lowest BCUT2D eigenvalue weighted by Gasteiger charge is -2.10. The Morgan fingerprint density at radius 1 is 0.935 bits per heavy atom. The average molecular weight is 404 g/mol. The summed E-state index contributed by atoms with van der Waals surface area (Å²) in [5.41, 5.74) is 10.5. The summed E-state index contributed by atoms with van der Waals surface area (Å²) in [6.45, 7) is 1.96. The quantitative estimate of drug-likeness (QED) is 0.380. The molecule has 0 aliphatic heterocycles. The molecule has 0 aliphatic carbocycles. The first-order chi connectivity index (χ1) is 15.2. The predicted octanol–water partition coefficient (Wildman–Crippen LogP) is 5.40. The summed E-state index contributed by atoms with van der Waals surface area (Å²) in [7, 11) is 0. The van der Waals surface area contributed by atoms with Crippen LogP contribution >= 0.6 is 0 Å². The topological polar surface area (TPSA) is 76.7 Å². The second-order valence-electron chi connectivity index (χ2n) is 7.91. The fourth-order valence-electron chi connectivity index (χ4n) is 4.64. The second kappa shape index (κ2) is 6.52. The lowest BCUT2D eigenvalue weighted by molar-refractivity contribution is 0.0930. The Kier molecular flexibility index (Phi) is 3.76. The number of carbonyl (C=O) groups excluding carboxylic acids is 1. The van der Waals surface area contributed by atoms with Gasteiger partial charge in [0, 0.05) is 33.4 Å². The average Bonchev–Trinajstić information content (AvgIpc) is 3.40. The van der Waals surface area contributed by atoms with Crippen molar-refractivity contribution in [1.82, 2.24) is 14.5 Å². The number of rotatable bonds is 2. The highest BCUT2D eigenvalue weighted by Crippen LogP contribution is 2.38. The van der Waals surface area contributed by atoms with Crippen molar-refractivity contribution in [1.29, 1.82) is 0 Å². The maximum atomic E-state index is 13.2. The molecule has 0 radical (unpaired) electrons. The number of nitrogens with zero attached hydrogens (tertiary/aromatic N) is 2. The van der Waals surface area contributed by atoms with E-state index in [1.165, 1.54) is 0 Å². The van der Waals surface area contributed by atoms with E-state index in [1.807, 2.05) is 30.5 Å². The molecule has 0 amide bonds. The van der Waals surface area contributed by atoms with Gasteiger partial charge in [0.15, 0.2) is 0 Å². The molecule has 0 atom stereocenters. The number of nitrogens with one attached hydrogen (secondary N) is 1. The van der Waals surface area contributed by atoms with Crippen LogP contribution in [-0.4, -0.2) is 27.0 Å². The number of carbonyl (C=O) groups is 1. The molecule has 0 saturated heterocycles. The Hall–Kier alpha value is -3.96. The highest BCUT2D eigenvalue weighted by atomic mass is 16.2. The lowest BCUT2D eigenvalue weighted by atomic mass is 10.00. The van der Waals surface area contributed by atoms with Crippen LogP contribution in [0.2, 0.25) is 0 Å². The predicted molar refractivity (Wildman–Crippen MR) is 126 cm³/mol. The van der Waals surface area contributed by atoms with Crippen LogP contribution in [0.3, 0.4) is 0 Å². The Bertz CT molecular complexity index is 1650. The van der Waals surface area contributed by atoms with E-state index in [1.54, 1.807) is 4.57 Å². The molecular weight excluding hydrogens is 384 g/mol. The van der Waals surface area contributed by atoms with Gasteiger partial charge in [-0.25, -0.2) is 4.98 Å². The van der Waals surface area contributed by atoms with E-state index in [4.69, 9.17) is 10.7 Å². The molecule has 0 fully saturated rings. The monoisotopic (exact) mass is 404 g/mol. The third-order valence-electron chi connectivity index (χ3n) is 6.03. The zero-order valence-corrected chi connectivity index (χ0v) is 17.0. The van der Waals surface area contributed by atoms with Gasteiger partial charge >= 0.3 is 0 Å². The fraction of sp³-hybridized carbons (Fsp3) is 0.0769. The van der Waals surface area contributed by atoms with Gasteiger partial charge < -0.3 is 10.7 Å². The number of hydrogen-bond acceptors (Lipinski definition) is 3. The zero-order chi connectivity index (χ0) is 21.1. The Labute approximate surface area is 178 Å². The SMILES string of the molecule is Cc1ccc2[nH]cc(-c3nc4c5ccccc5c5ccccc5c4n3C(=O)CN)c2c1. The molecule has 0 aliphatic rings. The Balaban J connectivity index is 1.85. The van der Waals surface area contributed by atoms with Crippen LogP contribution < -0.4 is 5.73 Å². The summed E-state index contributed by atoms with van der Waals surface area (Å²) in [5.74, 6) is 0.434. The highest BCUT2D eigenvalue weighted by molar-refractivity contribution is 6.25. The van der Waals surface area contributed by atoms with Crippen LogP contribution in [0.25, 0.3) is 54.9 Å². The summed E-state index contributed by atoms with van der Waals surface area (Å²) < 4.78 is 1.70. The van der Waals surface area contributed by atoms with Gasteiger partial charge in [-0.3, -0.25) is 9.36 Å². The molecule has 5 heteroatoms. The first-order valence-electron chi connectivity index (χ1n) is 10.3. The maximum Gasteiger partial charge on any atom is 0.246 e. The first kappa shape index (κ1) is 17.9. The fourth-order valence-corrected chi connectivity index (χ4v) is 4.64. The van der Waals surface area contributed by atoms with Gasteiger partial charge in [0.1, 0.15) is 5.82 Å². The lowest BCUT2D eigenvalue weighted by Crippen LogP contribution is -2.21. The molecule has 0 unspecified atom stereocenters. The van der Waals surface area contributed by atoms with Crippen LogP contribution in [0, 0.1) is 6.92 Å². The van der Waals surface area contributed by atoms with E-state index >= 15 is 0 Å². The largest absolute Gasteiger partial charge is 0.360 e. The van der Waals surface area contributed by atoms with Gasteiger partial charge in [0.25, 0.3) is 0 Å². The minimum atomic E-state index is -0.181. The van der Waals surface area contributed by atoms with E-state index < -0.39 is 0 Å². The van der Waals surface area contributed by atoms with Crippen LogP contribution in [0.15, 0.2) is 72.9 Å². The van der Waals surface area contributed by atoms with Crippen LogP contribution in [0.1, 0.15) is 10.4 Å². The van der Waals surface area contributed by atoms with Gasteiger partial charge in [-0.2, -0.15) is 0 Å². The van der Waals surface area contributed by atoms with E-state index in [0.29, 0.717) is 5.82 Å². The van der Waals surface area contributed by atoms with E-state index in [9.17, 15) is 4.79 Å².